The number of rotatable bonds is 9. The van der Waals surface area contributed by atoms with E-state index in [2.05, 4.69) is 0 Å². The van der Waals surface area contributed by atoms with Crippen LogP contribution in [-0.4, -0.2) is 122 Å². The van der Waals surface area contributed by atoms with Crippen molar-refractivity contribution < 1.29 is 87.7 Å². The van der Waals surface area contributed by atoms with E-state index in [-0.39, 0.29) is 40.5 Å². The molecule has 0 aliphatic carbocycles. The summed E-state index contributed by atoms with van der Waals surface area (Å²) in [5.41, 5.74) is -0.0426. The van der Waals surface area contributed by atoms with E-state index in [9.17, 15) is 49.8 Å². The van der Waals surface area contributed by atoms with Crippen molar-refractivity contribution in [2.45, 2.75) is 102 Å². The van der Waals surface area contributed by atoms with Gasteiger partial charge in [-0.05, 0) is 25.1 Å². The average molecular weight is 723 g/mol. The topological polar surface area (TPSA) is 263 Å². The predicted molar refractivity (Wildman–Crippen MR) is 164 cm³/mol. The third-order valence-electron chi connectivity index (χ3n) is 8.32. The number of Topliss-reactive ketones (excluding diaryl/α,β-unsaturated/α-hetero) is 1. The second-order valence-electron chi connectivity index (χ2n) is 12.2. The third-order valence-corrected chi connectivity index (χ3v) is 8.32. The Bertz CT molecular complexity index is 1640. The van der Waals surface area contributed by atoms with Crippen LogP contribution in [0.5, 0.6) is 28.7 Å². The second-order valence-corrected chi connectivity index (χ2v) is 12.2. The SMILES string of the molecule is CC(=O)OC[C@H]1O[C@@H](O[C@@H]2[C@@H](O)[C@H](C)O[C@@H](Oc3ccc(O)cc3[C@@H]3CC(=O)c4c(O)cc(O)cc4O3)[C@@H]2OC(C)=O)[C@H](OC(C)=O)[C@@H](O)[C@@H]1O. The van der Waals surface area contributed by atoms with Gasteiger partial charge in [-0.25, -0.2) is 0 Å². The molecule has 3 heterocycles. The molecule has 3 aliphatic heterocycles. The van der Waals surface area contributed by atoms with E-state index in [1.54, 1.807) is 0 Å². The lowest BCUT2D eigenvalue weighted by Gasteiger charge is -2.47. The number of aliphatic hydroxyl groups excluding tert-OH is 3. The summed E-state index contributed by atoms with van der Waals surface area (Å²) < 4.78 is 45.4. The van der Waals surface area contributed by atoms with Crippen LogP contribution >= 0.6 is 0 Å². The van der Waals surface area contributed by atoms with Crippen LogP contribution in [0.1, 0.15) is 56.1 Å². The number of benzene rings is 2. The number of hydrogen-bond acceptors (Lipinski definition) is 18. The fraction of sp³-hybridized carbons (Fsp3) is 0.515. The van der Waals surface area contributed by atoms with Crippen molar-refractivity contribution in [3.8, 4) is 28.7 Å². The van der Waals surface area contributed by atoms with Gasteiger partial charge in [0.2, 0.25) is 6.29 Å². The summed E-state index contributed by atoms with van der Waals surface area (Å²) in [6, 6.07) is 5.93. The van der Waals surface area contributed by atoms with Gasteiger partial charge in [0, 0.05) is 38.5 Å². The summed E-state index contributed by atoms with van der Waals surface area (Å²) >= 11 is 0. The van der Waals surface area contributed by atoms with E-state index in [4.69, 9.17) is 37.9 Å². The zero-order chi connectivity index (χ0) is 37.3. The Morgan fingerprint density at radius 3 is 2.16 bits per heavy atom. The number of carbonyl (C=O) groups excluding carboxylic acids is 4. The van der Waals surface area contributed by atoms with E-state index in [1.807, 2.05) is 0 Å². The van der Waals surface area contributed by atoms with E-state index >= 15 is 0 Å². The number of phenolic OH excluding ortho intramolecular Hbond substituents is 3. The number of carbonyl (C=O) groups is 4. The first-order valence-corrected chi connectivity index (χ1v) is 15.8. The first-order chi connectivity index (χ1) is 24.0. The highest BCUT2D eigenvalue weighted by Crippen LogP contribution is 2.44. The lowest BCUT2D eigenvalue weighted by Crippen LogP contribution is -2.65. The lowest BCUT2D eigenvalue weighted by molar-refractivity contribution is -0.351. The molecule has 5 rings (SSSR count). The molecule has 0 bridgehead atoms. The second kappa shape index (κ2) is 15.3. The van der Waals surface area contributed by atoms with Gasteiger partial charge in [0.1, 0.15) is 77.5 Å². The fourth-order valence-corrected chi connectivity index (χ4v) is 6.00. The number of aromatic hydroxyl groups is 3. The molecule has 0 radical (unpaired) electrons. The van der Waals surface area contributed by atoms with Crippen molar-refractivity contribution in [3.05, 3.63) is 41.5 Å². The maximum absolute atomic E-state index is 13.1. The van der Waals surface area contributed by atoms with Crippen LogP contribution in [0.2, 0.25) is 0 Å². The molecule has 0 unspecified atom stereocenters. The van der Waals surface area contributed by atoms with Crippen molar-refractivity contribution in [1.29, 1.82) is 0 Å². The maximum Gasteiger partial charge on any atom is 0.303 e. The minimum absolute atomic E-state index is 0.0467. The molecular formula is C33H38O18. The number of ketones is 1. The summed E-state index contributed by atoms with van der Waals surface area (Å²) in [6.07, 6.45) is -17.3. The molecule has 0 saturated carbocycles. The molecule has 0 amide bonds. The van der Waals surface area contributed by atoms with Gasteiger partial charge in [-0.15, -0.1) is 0 Å². The van der Waals surface area contributed by atoms with Crippen LogP contribution in [0.4, 0.5) is 0 Å². The van der Waals surface area contributed by atoms with E-state index in [1.165, 1.54) is 25.1 Å². The van der Waals surface area contributed by atoms with Gasteiger partial charge in [-0.2, -0.15) is 0 Å². The van der Waals surface area contributed by atoms with Crippen molar-refractivity contribution in [1.82, 2.24) is 0 Å². The van der Waals surface area contributed by atoms with Gasteiger partial charge < -0.3 is 68.5 Å². The summed E-state index contributed by atoms with van der Waals surface area (Å²) in [4.78, 5) is 48.8. The van der Waals surface area contributed by atoms with Crippen LogP contribution in [0.3, 0.4) is 0 Å². The van der Waals surface area contributed by atoms with Gasteiger partial charge in [-0.3, -0.25) is 19.2 Å². The van der Waals surface area contributed by atoms with Crippen LogP contribution in [0, 0.1) is 0 Å². The van der Waals surface area contributed by atoms with Crippen molar-refractivity contribution >= 4 is 23.7 Å². The number of fused-ring (bicyclic) bond motifs is 1. The summed E-state index contributed by atoms with van der Waals surface area (Å²) in [5, 5.41) is 63.3. The fourth-order valence-electron chi connectivity index (χ4n) is 6.00. The number of aliphatic hydroxyl groups is 3. The Labute approximate surface area is 289 Å². The molecule has 3 aliphatic rings. The lowest BCUT2D eigenvalue weighted by atomic mass is 9.94. The highest BCUT2D eigenvalue weighted by molar-refractivity contribution is 6.02. The maximum atomic E-state index is 13.1. The molecule has 2 aromatic rings. The normalized spacial score (nSPS) is 31.8. The minimum Gasteiger partial charge on any atom is -0.508 e. The molecule has 18 nitrogen and oxygen atoms in total. The van der Waals surface area contributed by atoms with Gasteiger partial charge in [0.25, 0.3) is 0 Å². The Balaban J connectivity index is 1.47. The van der Waals surface area contributed by atoms with Crippen molar-refractivity contribution in [2.24, 2.45) is 0 Å². The third kappa shape index (κ3) is 8.27. The van der Waals surface area contributed by atoms with Crippen LogP contribution < -0.4 is 9.47 Å². The van der Waals surface area contributed by atoms with Gasteiger partial charge in [0.05, 0.1) is 12.5 Å². The van der Waals surface area contributed by atoms with Gasteiger partial charge in [-0.1, -0.05) is 0 Å². The first-order valence-electron chi connectivity index (χ1n) is 15.8. The van der Waals surface area contributed by atoms with Gasteiger partial charge in [0.15, 0.2) is 24.3 Å². The largest absolute Gasteiger partial charge is 0.508 e. The average Bonchev–Trinajstić information content (AvgIpc) is 3.03. The molecule has 0 spiro atoms. The molecular weight excluding hydrogens is 684 g/mol. The number of phenols is 3. The quantitative estimate of drug-likeness (QED) is 0.150. The number of hydrogen-bond donors (Lipinski definition) is 6. The molecule has 0 aromatic heterocycles. The zero-order valence-corrected chi connectivity index (χ0v) is 27.7. The molecule has 11 atom stereocenters. The summed E-state index contributed by atoms with van der Waals surface area (Å²) in [7, 11) is 0. The molecule has 18 heteroatoms. The highest BCUT2D eigenvalue weighted by atomic mass is 16.8. The predicted octanol–water partition coefficient (Wildman–Crippen LogP) is 0.253. The smallest absolute Gasteiger partial charge is 0.303 e. The van der Waals surface area contributed by atoms with Crippen molar-refractivity contribution in [3.63, 3.8) is 0 Å². The van der Waals surface area contributed by atoms with E-state index < -0.39 is 104 Å². The highest BCUT2D eigenvalue weighted by Gasteiger charge is 2.54. The van der Waals surface area contributed by atoms with Crippen LogP contribution in [-0.2, 0) is 42.8 Å². The summed E-state index contributed by atoms with van der Waals surface area (Å²) in [6.45, 7) is 4.09. The summed E-state index contributed by atoms with van der Waals surface area (Å²) in [5.74, 6) is -4.32. The van der Waals surface area contributed by atoms with E-state index in [0.717, 1.165) is 32.9 Å². The molecule has 51 heavy (non-hydrogen) atoms. The van der Waals surface area contributed by atoms with Crippen molar-refractivity contribution in [2.75, 3.05) is 6.61 Å². The molecule has 2 saturated heterocycles. The van der Waals surface area contributed by atoms with Crippen LogP contribution in [0.25, 0.3) is 0 Å². The number of esters is 3. The Morgan fingerprint density at radius 1 is 0.804 bits per heavy atom. The zero-order valence-electron chi connectivity index (χ0n) is 27.7. The number of ether oxygens (including phenoxy) is 8. The molecule has 6 N–H and O–H groups in total. The Hall–Kier alpha value is -4.72. The standard InChI is InChI=1S/C33H38O18/c1-12-26(41)29(51-32-30(46-14(3)35)28(43)27(42)24(50-32)11-44-13(2)34)31(47-15(4)36)33(45-12)49-21-6-5-16(37)7-18(21)22-10-20(40)25-19(39)8-17(38)9-23(25)48-22/h5-9,12,22,24,26-33,37-39,41-43H,10-11H2,1-4H3/t12-,22-,24+,26-,27+,28-,29+,30+,31+,32-,33-/m0/s1. The Morgan fingerprint density at radius 2 is 1.49 bits per heavy atom. The molecule has 2 aromatic carbocycles. The Kier molecular flexibility index (Phi) is 11.2. The molecule has 278 valence electrons. The first kappa shape index (κ1) is 37.5. The monoisotopic (exact) mass is 722 g/mol. The minimum atomic E-state index is -1.83. The van der Waals surface area contributed by atoms with Crippen LogP contribution in [0.15, 0.2) is 30.3 Å². The molecule has 2 fully saturated rings. The van der Waals surface area contributed by atoms with Gasteiger partial charge >= 0.3 is 17.9 Å². The van der Waals surface area contributed by atoms with E-state index in [0.29, 0.717) is 0 Å².